The van der Waals surface area contributed by atoms with E-state index in [1.807, 2.05) is 37.3 Å². The van der Waals surface area contributed by atoms with E-state index in [-0.39, 0.29) is 37.8 Å². The molecule has 2 aromatic rings. The van der Waals surface area contributed by atoms with Gasteiger partial charge in [-0.1, -0.05) is 37.3 Å². The number of amides is 3. The van der Waals surface area contributed by atoms with Gasteiger partial charge in [-0.25, -0.2) is 0 Å². The fourth-order valence-corrected chi connectivity index (χ4v) is 9.29. The molecule has 11 nitrogen and oxygen atoms in total. The first-order chi connectivity index (χ1) is 19.9. The van der Waals surface area contributed by atoms with Crippen LogP contribution in [0.2, 0.25) is 18.6 Å². The summed E-state index contributed by atoms with van der Waals surface area (Å²) >= 11 is 0. The maximum Gasteiger partial charge on any atom is 0.304 e. The Morgan fingerprint density at radius 1 is 1.19 bits per heavy atom. The van der Waals surface area contributed by atoms with Crippen LogP contribution in [0.15, 0.2) is 48.5 Å². The van der Waals surface area contributed by atoms with E-state index in [9.17, 15) is 29.1 Å². The number of aliphatic hydroxyl groups is 1. The van der Waals surface area contributed by atoms with Crippen LogP contribution < -0.4 is 10.2 Å². The number of ether oxygens (including phenoxy) is 2. The topological polar surface area (TPSA) is 146 Å². The van der Waals surface area contributed by atoms with Crippen molar-refractivity contribution in [2.45, 2.75) is 69.8 Å². The second-order valence-corrected chi connectivity index (χ2v) is 15.8. The van der Waals surface area contributed by atoms with Crippen molar-refractivity contribution < 1.29 is 38.6 Å². The molecule has 0 bridgehead atoms. The summed E-state index contributed by atoms with van der Waals surface area (Å²) in [6.07, 6.45) is -1.52. The van der Waals surface area contributed by atoms with Gasteiger partial charge in [-0.3, -0.25) is 24.1 Å². The number of fused-ring (bicyclic) bond motifs is 2. The number of hydrogen-bond donors (Lipinski definition) is 3. The van der Waals surface area contributed by atoms with E-state index in [0.717, 1.165) is 5.56 Å². The molecule has 3 amide bonds. The van der Waals surface area contributed by atoms with E-state index in [2.05, 4.69) is 5.32 Å². The van der Waals surface area contributed by atoms with Gasteiger partial charge in [-0.15, -0.1) is 0 Å². The molecule has 3 aliphatic rings. The van der Waals surface area contributed by atoms with Gasteiger partial charge >= 0.3 is 5.97 Å². The van der Waals surface area contributed by atoms with E-state index in [1.54, 1.807) is 36.2 Å². The predicted octanol–water partition coefficient (Wildman–Crippen LogP) is 2.47. The van der Waals surface area contributed by atoms with Crippen LogP contribution in [0.25, 0.3) is 0 Å². The van der Waals surface area contributed by atoms with E-state index >= 15 is 0 Å². The van der Waals surface area contributed by atoms with Crippen LogP contribution in [0, 0.1) is 5.92 Å². The average molecular weight is 596 g/mol. The highest BCUT2D eigenvalue weighted by molar-refractivity contribution is 6.71. The van der Waals surface area contributed by atoms with Crippen molar-refractivity contribution in [2.75, 3.05) is 23.4 Å². The highest BCUT2D eigenvalue weighted by Crippen LogP contribution is 2.58. The molecule has 0 aromatic heterocycles. The SMILES string of the molecule is CC(=O)OC1CC(=O)N1c1ccc2c(c1)[C@@]1(O[C@H](CC(=O)N(CCO)Cc3ccccc3)[C@@H]([Si](C)(C)O)[C@@H]1C)C(=O)N2. The lowest BCUT2D eigenvalue weighted by molar-refractivity contribution is -0.154. The molecular formula is C30H37N3O8Si. The molecule has 2 fully saturated rings. The molecule has 1 spiro atoms. The first-order valence-electron chi connectivity index (χ1n) is 14.1. The number of anilines is 2. The van der Waals surface area contributed by atoms with Crippen LogP contribution in [-0.4, -0.2) is 72.3 Å². The molecule has 0 saturated carbocycles. The summed E-state index contributed by atoms with van der Waals surface area (Å²) in [7, 11) is -3.01. The van der Waals surface area contributed by atoms with E-state index in [1.165, 1.54) is 11.8 Å². The molecule has 0 radical (unpaired) electrons. The zero-order valence-corrected chi connectivity index (χ0v) is 25.2. The predicted molar refractivity (Wildman–Crippen MR) is 155 cm³/mol. The fraction of sp³-hybridized carbons (Fsp3) is 0.467. The lowest BCUT2D eigenvalue weighted by Crippen LogP contribution is -2.55. The Morgan fingerprint density at radius 2 is 1.90 bits per heavy atom. The molecule has 12 heteroatoms. The molecule has 3 heterocycles. The van der Waals surface area contributed by atoms with Gasteiger partial charge in [0.15, 0.2) is 20.1 Å². The first-order valence-corrected chi connectivity index (χ1v) is 17.2. The fourth-order valence-electron chi connectivity index (χ4n) is 6.74. The Kier molecular flexibility index (Phi) is 8.01. The van der Waals surface area contributed by atoms with Gasteiger partial charge in [0, 0.05) is 48.4 Å². The normalized spacial score (nSPS) is 26.6. The molecule has 1 unspecified atom stereocenters. The quantitative estimate of drug-likeness (QED) is 0.228. The van der Waals surface area contributed by atoms with Crippen molar-refractivity contribution in [1.29, 1.82) is 0 Å². The van der Waals surface area contributed by atoms with Crippen LogP contribution in [0.1, 0.15) is 37.8 Å². The van der Waals surface area contributed by atoms with E-state index in [0.29, 0.717) is 23.5 Å². The Hall–Kier alpha value is -3.58. The summed E-state index contributed by atoms with van der Waals surface area (Å²) in [6, 6.07) is 14.5. The number of β-lactam (4-membered cyclic amide) rings is 1. The number of aliphatic hydroxyl groups excluding tert-OH is 1. The van der Waals surface area contributed by atoms with Crippen LogP contribution in [-0.2, 0) is 40.8 Å². The van der Waals surface area contributed by atoms with Crippen molar-refractivity contribution in [3.63, 3.8) is 0 Å². The number of carbonyl (C=O) groups excluding carboxylic acids is 4. The van der Waals surface area contributed by atoms with Crippen molar-refractivity contribution in [1.82, 2.24) is 4.90 Å². The Labute approximate surface area is 245 Å². The minimum atomic E-state index is -3.01. The monoisotopic (exact) mass is 595 g/mol. The summed E-state index contributed by atoms with van der Waals surface area (Å²) in [5.41, 5.74) is 0.412. The highest BCUT2D eigenvalue weighted by atomic mass is 28.4. The molecule has 2 aromatic carbocycles. The molecular weight excluding hydrogens is 558 g/mol. The summed E-state index contributed by atoms with van der Waals surface area (Å²) < 4.78 is 11.9. The molecule has 3 N–H and O–H groups in total. The molecule has 5 rings (SSSR count). The van der Waals surface area contributed by atoms with Crippen molar-refractivity contribution >= 4 is 43.4 Å². The number of rotatable bonds is 9. The number of nitrogens with zero attached hydrogens (tertiary/aromatic N) is 2. The van der Waals surface area contributed by atoms with Gasteiger partial charge < -0.3 is 29.6 Å². The Bertz CT molecular complexity index is 1400. The number of hydrogen-bond acceptors (Lipinski definition) is 8. The molecule has 2 saturated heterocycles. The third kappa shape index (κ3) is 5.23. The largest absolute Gasteiger partial charge is 0.441 e. The average Bonchev–Trinajstić information content (AvgIpc) is 3.36. The third-order valence-corrected chi connectivity index (χ3v) is 11.0. The lowest BCUT2D eigenvalue weighted by atomic mass is 9.82. The summed E-state index contributed by atoms with van der Waals surface area (Å²) in [4.78, 5) is 65.8. The third-order valence-electron chi connectivity index (χ3n) is 8.52. The molecule has 5 atom stereocenters. The van der Waals surface area contributed by atoms with Gasteiger partial charge in [-0.2, -0.15) is 0 Å². The maximum atomic E-state index is 13.7. The van der Waals surface area contributed by atoms with Gasteiger partial charge in [0.05, 0.1) is 25.6 Å². The van der Waals surface area contributed by atoms with Crippen molar-refractivity contribution in [2.24, 2.45) is 5.92 Å². The van der Waals surface area contributed by atoms with Gasteiger partial charge in [-0.05, 0) is 36.9 Å². The minimum absolute atomic E-state index is 0.0653. The van der Waals surface area contributed by atoms with Crippen LogP contribution in [0.4, 0.5) is 11.4 Å². The maximum absolute atomic E-state index is 13.7. The number of nitrogens with one attached hydrogen (secondary N) is 1. The highest BCUT2D eigenvalue weighted by Gasteiger charge is 2.65. The second-order valence-electron chi connectivity index (χ2n) is 11.8. The van der Waals surface area contributed by atoms with Crippen LogP contribution in [0.3, 0.4) is 0 Å². The molecule has 224 valence electrons. The van der Waals surface area contributed by atoms with E-state index < -0.39 is 49.6 Å². The number of benzene rings is 2. The molecule has 3 aliphatic heterocycles. The van der Waals surface area contributed by atoms with Gasteiger partial charge in [0.25, 0.3) is 5.91 Å². The Morgan fingerprint density at radius 3 is 2.52 bits per heavy atom. The Balaban J connectivity index is 1.47. The number of esters is 1. The van der Waals surface area contributed by atoms with Crippen molar-refractivity contribution in [3.8, 4) is 0 Å². The second kappa shape index (κ2) is 11.2. The van der Waals surface area contributed by atoms with Crippen LogP contribution >= 0.6 is 0 Å². The van der Waals surface area contributed by atoms with Gasteiger partial charge in [0.1, 0.15) is 0 Å². The van der Waals surface area contributed by atoms with E-state index in [4.69, 9.17) is 9.47 Å². The standard InChI is InChI=1S/C30H37N3O8Si/c1-18-28(42(3,4)39)24(15-25(36)32(12-13-34)17-20-8-6-5-7-9-20)41-30(18)22-14-21(10-11-23(22)31-29(30)38)33-26(37)16-27(33)40-19(2)35/h5-11,14,18,24,27-28,34,39H,12-13,15-17H2,1-4H3,(H,31,38)/t18-,24+,27?,28-,30+/m0/s1. The summed E-state index contributed by atoms with van der Waals surface area (Å²) in [6.45, 7) is 6.90. The first kappa shape index (κ1) is 29.9. The van der Waals surface area contributed by atoms with Gasteiger partial charge in [0.2, 0.25) is 11.8 Å². The zero-order chi connectivity index (χ0) is 30.4. The number of carbonyl (C=O) groups is 4. The summed E-state index contributed by atoms with van der Waals surface area (Å²) in [5.74, 6) is -1.89. The molecule has 0 aliphatic carbocycles. The summed E-state index contributed by atoms with van der Waals surface area (Å²) in [5, 5.41) is 12.6. The zero-order valence-electron chi connectivity index (χ0n) is 24.2. The van der Waals surface area contributed by atoms with Crippen molar-refractivity contribution in [3.05, 3.63) is 59.7 Å². The smallest absolute Gasteiger partial charge is 0.304 e. The molecule has 42 heavy (non-hydrogen) atoms. The lowest BCUT2D eigenvalue weighted by Gasteiger charge is -2.39. The minimum Gasteiger partial charge on any atom is -0.441 e. The van der Waals surface area contributed by atoms with Crippen LogP contribution in [0.5, 0.6) is 0 Å².